The molecule has 4 aromatic rings. The molecule has 2 aliphatic rings. The third kappa shape index (κ3) is 2.69. The fraction of sp³-hybridized carbons (Fsp3) is 0.381. The molecule has 0 saturated carbocycles. The third-order valence-electron chi connectivity index (χ3n) is 6.45. The molecular formula is C21H23N9. The van der Waals surface area contributed by atoms with Crippen molar-refractivity contribution in [1.29, 1.82) is 0 Å². The molecule has 0 amide bonds. The standard InChI is InChI=1S/C21H23N9/c1-29-11-19(25-28-29)15-4-5-16(21-17(15)10-23-27-21)18-6-7-20(26-24-18)30-13-2-3-14(30)9-12(22)8-13/h4-7,10-14H,2-3,8-9,22H2,1H3,(H,23,27). The number of benzene rings is 1. The van der Waals surface area contributed by atoms with Crippen molar-refractivity contribution in [1.82, 2.24) is 35.4 Å². The molecule has 3 N–H and O–H groups in total. The number of aromatic amines is 1. The first kappa shape index (κ1) is 17.5. The van der Waals surface area contributed by atoms with Gasteiger partial charge in [-0.1, -0.05) is 11.3 Å². The van der Waals surface area contributed by atoms with E-state index in [0.717, 1.165) is 52.1 Å². The van der Waals surface area contributed by atoms with Gasteiger partial charge in [0.15, 0.2) is 5.82 Å². The molecule has 9 nitrogen and oxygen atoms in total. The summed E-state index contributed by atoms with van der Waals surface area (Å²) in [4.78, 5) is 2.43. The fourth-order valence-electron chi connectivity index (χ4n) is 5.14. The molecule has 2 atom stereocenters. The van der Waals surface area contributed by atoms with E-state index < -0.39 is 0 Å². The smallest absolute Gasteiger partial charge is 0.151 e. The van der Waals surface area contributed by atoms with Crippen molar-refractivity contribution in [2.24, 2.45) is 12.8 Å². The van der Waals surface area contributed by atoms with Gasteiger partial charge in [0, 0.05) is 41.7 Å². The molecule has 2 fully saturated rings. The maximum Gasteiger partial charge on any atom is 0.151 e. The van der Waals surface area contributed by atoms with Gasteiger partial charge in [0.1, 0.15) is 5.69 Å². The van der Waals surface area contributed by atoms with Crippen LogP contribution in [0.2, 0.25) is 0 Å². The molecule has 2 unspecified atom stereocenters. The SMILES string of the molecule is Cn1cc(-c2ccc(-c3ccc(N4C5CCC4CC(N)C5)nn3)c3[nH]ncc23)nn1. The van der Waals surface area contributed by atoms with Crippen LogP contribution in [0, 0.1) is 0 Å². The first-order valence-corrected chi connectivity index (χ1v) is 10.4. The summed E-state index contributed by atoms with van der Waals surface area (Å²) < 4.78 is 1.69. The summed E-state index contributed by atoms with van der Waals surface area (Å²) in [6.07, 6.45) is 8.19. The number of nitrogens with one attached hydrogen (secondary N) is 1. The van der Waals surface area contributed by atoms with E-state index in [1.165, 1.54) is 12.8 Å². The Bertz CT molecular complexity index is 1190. The van der Waals surface area contributed by atoms with Gasteiger partial charge in [0.05, 0.1) is 23.6 Å². The molecule has 0 aliphatic carbocycles. The summed E-state index contributed by atoms with van der Waals surface area (Å²) in [7, 11) is 1.86. The number of hydrogen-bond acceptors (Lipinski definition) is 7. The number of aryl methyl sites for hydroxylation is 1. The van der Waals surface area contributed by atoms with Gasteiger partial charge in [-0.25, -0.2) is 0 Å². The number of nitrogens with zero attached hydrogens (tertiary/aromatic N) is 7. The number of rotatable bonds is 3. The monoisotopic (exact) mass is 401 g/mol. The Labute approximate surface area is 173 Å². The molecule has 0 spiro atoms. The Balaban J connectivity index is 1.36. The second kappa shape index (κ2) is 6.60. The van der Waals surface area contributed by atoms with Gasteiger partial charge in [0.25, 0.3) is 0 Å². The second-order valence-electron chi connectivity index (χ2n) is 8.40. The molecule has 5 heterocycles. The van der Waals surface area contributed by atoms with Gasteiger partial charge >= 0.3 is 0 Å². The normalized spacial score (nSPS) is 23.4. The zero-order valence-corrected chi connectivity index (χ0v) is 16.7. The molecule has 30 heavy (non-hydrogen) atoms. The first-order chi connectivity index (χ1) is 14.7. The van der Waals surface area contributed by atoms with Crippen molar-refractivity contribution >= 4 is 16.7 Å². The van der Waals surface area contributed by atoms with Crippen LogP contribution >= 0.6 is 0 Å². The highest BCUT2D eigenvalue weighted by molar-refractivity contribution is 6.01. The van der Waals surface area contributed by atoms with Crippen LogP contribution in [0.25, 0.3) is 33.4 Å². The van der Waals surface area contributed by atoms with E-state index in [4.69, 9.17) is 5.73 Å². The lowest BCUT2D eigenvalue weighted by Crippen LogP contribution is -2.47. The second-order valence-corrected chi connectivity index (χ2v) is 8.40. The van der Waals surface area contributed by atoms with Gasteiger partial charge in [-0.15, -0.1) is 15.3 Å². The van der Waals surface area contributed by atoms with Crippen LogP contribution in [-0.2, 0) is 7.05 Å². The van der Waals surface area contributed by atoms with E-state index in [2.05, 4.69) is 41.7 Å². The zero-order chi connectivity index (χ0) is 20.2. The number of aromatic nitrogens is 7. The maximum absolute atomic E-state index is 6.21. The van der Waals surface area contributed by atoms with Crippen molar-refractivity contribution in [3.63, 3.8) is 0 Å². The van der Waals surface area contributed by atoms with Crippen molar-refractivity contribution in [2.75, 3.05) is 4.90 Å². The molecule has 9 heteroatoms. The average Bonchev–Trinajstić information content (AvgIpc) is 3.46. The van der Waals surface area contributed by atoms with Gasteiger partial charge in [-0.2, -0.15) is 5.10 Å². The highest BCUT2D eigenvalue weighted by Crippen LogP contribution is 2.38. The van der Waals surface area contributed by atoms with Gasteiger partial charge in [-0.05, 0) is 43.9 Å². The molecule has 152 valence electrons. The Kier molecular flexibility index (Phi) is 3.85. The minimum absolute atomic E-state index is 0.312. The zero-order valence-electron chi connectivity index (χ0n) is 16.7. The summed E-state index contributed by atoms with van der Waals surface area (Å²) in [6, 6.07) is 9.51. The van der Waals surface area contributed by atoms with E-state index in [9.17, 15) is 0 Å². The maximum atomic E-state index is 6.21. The van der Waals surface area contributed by atoms with Crippen LogP contribution in [0.15, 0.2) is 36.7 Å². The van der Waals surface area contributed by atoms with Gasteiger partial charge in [-0.3, -0.25) is 9.78 Å². The highest BCUT2D eigenvalue weighted by atomic mass is 15.4. The van der Waals surface area contributed by atoms with Crippen LogP contribution in [-0.4, -0.2) is 53.5 Å². The largest absolute Gasteiger partial charge is 0.349 e. The highest BCUT2D eigenvalue weighted by Gasteiger charge is 2.40. The summed E-state index contributed by atoms with van der Waals surface area (Å²) in [5.74, 6) is 0.954. The van der Waals surface area contributed by atoms with Gasteiger partial charge in [0.2, 0.25) is 0 Å². The van der Waals surface area contributed by atoms with Crippen LogP contribution < -0.4 is 10.6 Å². The lowest BCUT2D eigenvalue weighted by molar-refractivity contribution is 0.411. The molecule has 6 rings (SSSR count). The summed E-state index contributed by atoms with van der Waals surface area (Å²) in [5, 5.41) is 25.8. The number of nitrogens with two attached hydrogens (primary N) is 1. The quantitative estimate of drug-likeness (QED) is 0.541. The predicted octanol–water partition coefficient (Wildman–Crippen LogP) is 2.27. The summed E-state index contributed by atoms with van der Waals surface area (Å²) in [6.45, 7) is 0. The molecule has 0 radical (unpaired) electrons. The van der Waals surface area contributed by atoms with E-state index in [0.29, 0.717) is 18.1 Å². The Morgan fingerprint density at radius 1 is 0.967 bits per heavy atom. The first-order valence-electron chi connectivity index (χ1n) is 10.4. The summed E-state index contributed by atoms with van der Waals surface area (Å²) in [5.41, 5.74) is 10.7. The molecular weight excluding hydrogens is 378 g/mol. The minimum atomic E-state index is 0.312. The minimum Gasteiger partial charge on any atom is -0.349 e. The van der Waals surface area contributed by atoms with E-state index in [1.54, 1.807) is 4.68 Å². The number of fused-ring (bicyclic) bond motifs is 3. The number of hydrogen-bond donors (Lipinski definition) is 2. The van der Waals surface area contributed by atoms with Crippen molar-refractivity contribution in [2.45, 2.75) is 43.8 Å². The molecule has 1 aromatic carbocycles. The summed E-state index contributed by atoms with van der Waals surface area (Å²) >= 11 is 0. The molecule has 3 aromatic heterocycles. The van der Waals surface area contributed by atoms with Crippen molar-refractivity contribution in [3.8, 4) is 22.5 Å². The van der Waals surface area contributed by atoms with Crippen LogP contribution in [0.5, 0.6) is 0 Å². The Hall–Kier alpha value is -3.33. The van der Waals surface area contributed by atoms with Crippen LogP contribution in [0.3, 0.4) is 0 Å². The lowest BCUT2D eigenvalue weighted by atomic mass is 9.98. The van der Waals surface area contributed by atoms with Gasteiger partial charge < -0.3 is 10.6 Å². The van der Waals surface area contributed by atoms with E-state index in [-0.39, 0.29) is 0 Å². The van der Waals surface area contributed by atoms with Crippen molar-refractivity contribution in [3.05, 3.63) is 36.7 Å². The lowest BCUT2D eigenvalue weighted by Gasteiger charge is -2.38. The topological polar surface area (TPSA) is 114 Å². The predicted molar refractivity (Wildman–Crippen MR) is 114 cm³/mol. The molecule has 2 saturated heterocycles. The number of anilines is 1. The Morgan fingerprint density at radius 3 is 2.47 bits per heavy atom. The Morgan fingerprint density at radius 2 is 1.77 bits per heavy atom. The van der Waals surface area contributed by atoms with E-state index in [1.807, 2.05) is 37.6 Å². The average molecular weight is 401 g/mol. The van der Waals surface area contributed by atoms with Crippen molar-refractivity contribution < 1.29 is 0 Å². The molecule has 2 bridgehead atoms. The number of H-pyrrole nitrogens is 1. The molecule has 2 aliphatic heterocycles. The third-order valence-corrected chi connectivity index (χ3v) is 6.45. The van der Waals surface area contributed by atoms with Crippen LogP contribution in [0.4, 0.5) is 5.82 Å². The van der Waals surface area contributed by atoms with Crippen LogP contribution in [0.1, 0.15) is 25.7 Å². The van der Waals surface area contributed by atoms with E-state index >= 15 is 0 Å². The number of piperidine rings is 1. The fourth-order valence-corrected chi connectivity index (χ4v) is 5.14.